The Bertz CT molecular complexity index is 712. The van der Waals surface area contributed by atoms with Crippen molar-refractivity contribution in [1.82, 2.24) is 0 Å². The molecule has 24 heavy (non-hydrogen) atoms. The molecule has 0 saturated heterocycles. The van der Waals surface area contributed by atoms with Crippen LogP contribution in [-0.2, 0) is 13.4 Å². The van der Waals surface area contributed by atoms with E-state index in [0.717, 1.165) is 22.8 Å². The van der Waals surface area contributed by atoms with E-state index in [0.29, 0.717) is 0 Å². The monoisotopic (exact) mass is 399 g/mol. The van der Waals surface area contributed by atoms with Crippen molar-refractivity contribution >= 4 is 37.2 Å². The van der Waals surface area contributed by atoms with Crippen LogP contribution in [0.5, 0.6) is 0 Å². The molecular weight excluding hydrogens is 379 g/mol. The fourth-order valence-corrected chi connectivity index (χ4v) is 2.12. The van der Waals surface area contributed by atoms with Crippen LogP contribution in [0.1, 0.15) is 25.0 Å². The molecule has 0 aliphatic carbocycles. The van der Waals surface area contributed by atoms with Crippen molar-refractivity contribution in [3.63, 3.8) is 0 Å². The van der Waals surface area contributed by atoms with Crippen LogP contribution in [0, 0.1) is 13.8 Å². The number of rotatable bonds is 4. The Morgan fingerprint density at radius 3 is 2.08 bits per heavy atom. The van der Waals surface area contributed by atoms with Crippen LogP contribution in [0.2, 0.25) is 0 Å². The molecule has 0 amide bonds. The SMILES string of the molecule is CC(/C=C(/C)[N-]c1ccccc1C)=Nc1ccccc1C.[Cl][Cr+][Cl]. The predicted molar refractivity (Wildman–Crippen MR) is 104 cm³/mol. The van der Waals surface area contributed by atoms with Crippen LogP contribution in [0.3, 0.4) is 0 Å². The number of hydrogen-bond acceptors (Lipinski definition) is 1. The van der Waals surface area contributed by atoms with Gasteiger partial charge in [0.25, 0.3) is 0 Å². The van der Waals surface area contributed by atoms with Gasteiger partial charge < -0.3 is 5.32 Å². The summed E-state index contributed by atoms with van der Waals surface area (Å²) in [7, 11) is 9.65. The van der Waals surface area contributed by atoms with Gasteiger partial charge in [-0.1, -0.05) is 61.0 Å². The van der Waals surface area contributed by atoms with Gasteiger partial charge in [-0.3, -0.25) is 4.99 Å². The first kappa shape index (κ1) is 20.8. The van der Waals surface area contributed by atoms with E-state index in [9.17, 15) is 0 Å². The van der Waals surface area contributed by atoms with Crippen LogP contribution < -0.4 is 0 Å². The third-order valence-electron chi connectivity index (χ3n) is 3.24. The zero-order valence-corrected chi connectivity index (χ0v) is 17.0. The Morgan fingerprint density at radius 1 is 0.958 bits per heavy atom. The first-order valence-electron chi connectivity index (χ1n) is 7.44. The van der Waals surface area contributed by atoms with Gasteiger partial charge in [-0.25, -0.2) is 0 Å². The maximum absolute atomic E-state index is 4.83. The van der Waals surface area contributed by atoms with E-state index in [2.05, 4.69) is 36.3 Å². The van der Waals surface area contributed by atoms with Crippen molar-refractivity contribution in [2.75, 3.05) is 0 Å². The molecule has 5 heteroatoms. The van der Waals surface area contributed by atoms with Crippen molar-refractivity contribution in [1.29, 1.82) is 0 Å². The van der Waals surface area contributed by atoms with E-state index >= 15 is 0 Å². The molecule has 0 radical (unpaired) electrons. The molecule has 2 aromatic carbocycles. The number of allylic oxidation sites excluding steroid dienone is 2. The van der Waals surface area contributed by atoms with Gasteiger partial charge >= 0.3 is 33.5 Å². The molecule has 0 N–H and O–H groups in total. The van der Waals surface area contributed by atoms with Crippen molar-refractivity contribution in [2.45, 2.75) is 27.7 Å². The Kier molecular flexibility index (Phi) is 9.83. The summed E-state index contributed by atoms with van der Waals surface area (Å²) < 4.78 is 0. The second-order valence-electron chi connectivity index (χ2n) is 5.28. The number of hydrogen-bond donors (Lipinski definition) is 0. The summed E-state index contributed by atoms with van der Waals surface area (Å²) >= 11 is -0.181. The summed E-state index contributed by atoms with van der Waals surface area (Å²) in [4.78, 5) is 4.64. The quantitative estimate of drug-likeness (QED) is 0.479. The Hall–Kier alpha value is -1.24. The van der Waals surface area contributed by atoms with E-state index in [1.807, 2.05) is 56.3 Å². The number of aliphatic imine (C=N–C) groups is 1. The molecule has 0 heterocycles. The van der Waals surface area contributed by atoms with Crippen molar-refractivity contribution in [2.24, 2.45) is 4.99 Å². The third-order valence-corrected chi connectivity index (χ3v) is 3.24. The van der Waals surface area contributed by atoms with Crippen molar-refractivity contribution in [3.05, 3.63) is 76.7 Å². The molecule has 0 aliphatic heterocycles. The summed E-state index contributed by atoms with van der Waals surface area (Å²) in [5.74, 6) is 0. The summed E-state index contributed by atoms with van der Waals surface area (Å²) in [5, 5.41) is 4.64. The Morgan fingerprint density at radius 2 is 1.50 bits per heavy atom. The topological polar surface area (TPSA) is 26.5 Å². The van der Waals surface area contributed by atoms with Crippen LogP contribution >= 0.6 is 20.1 Å². The molecule has 0 atom stereocenters. The van der Waals surface area contributed by atoms with E-state index in [4.69, 9.17) is 20.1 Å². The number of para-hydroxylation sites is 2. The summed E-state index contributed by atoms with van der Waals surface area (Å²) in [6.07, 6.45) is 2.01. The van der Waals surface area contributed by atoms with E-state index in [1.165, 1.54) is 11.1 Å². The average Bonchev–Trinajstić information content (AvgIpc) is 2.52. The Balaban J connectivity index is 0.000000891. The van der Waals surface area contributed by atoms with Crippen molar-refractivity contribution < 1.29 is 13.4 Å². The van der Waals surface area contributed by atoms with Crippen molar-refractivity contribution in [3.8, 4) is 0 Å². The number of benzene rings is 2. The molecule has 0 fully saturated rings. The number of nitrogens with zero attached hydrogens (tertiary/aromatic N) is 2. The summed E-state index contributed by atoms with van der Waals surface area (Å²) in [6, 6.07) is 16.3. The standard InChI is InChI=1S/C19H21N2.2ClH.Cr/c1-14-9-5-7-11-18(14)20-16(3)13-17(4)21-19-12-8-6-10-15(19)2;;;/h5-13H,1-4H3;2*1H;/q-1;;;+3/p-2/b16-13-,21-17?;;;. The van der Waals surface area contributed by atoms with Gasteiger partial charge in [0.15, 0.2) is 0 Å². The molecular formula is C19H21Cl2CrN2. The number of halogens is 2. The van der Waals surface area contributed by atoms with Crippen LogP contribution in [0.15, 0.2) is 65.3 Å². The van der Waals surface area contributed by atoms with Gasteiger partial charge in [-0.05, 0) is 32.4 Å². The molecule has 2 aromatic rings. The fraction of sp³-hybridized carbons (Fsp3) is 0.211. The minimum atomic E-state index is -0.181. The molecule has 2 nitrogen and oxygen atoms in total. The first-order valence-corrected chi connectivity index (χ1v) is 10.9. The summed E-state index contributed by atoms with van der Waals surface area (Å²) in [5.41, 5.74) is 6.29. The van der Waals surface area contributed by atoms with E-state index in [-0.39, 0.29) is 13.4 Å². The van der Waals surface area contributed by atoms with Gasteiger partial charge in [0.1, 0.15) is 0 Å². The Labute approximate surface area is 159 Å². The second-order valence-corrected chi connectivity index (χ2v) is 7.39. The van der Waals surface area contributed by atoms with Gasteiger partial charge in [-0.2, -0.15) is 5.70 Å². The molecule has 127 valence electrons. The van der Waals surface area contributed by atoms with Crippen LogP contribution in [0.25, 0.3) is 5.32 Å². The molecule has 0 aliphatic rings. The minimum absolute atomic E-state index is 0.181. The number of aryl methyl sites for hydroxylation is 2. The fourth-order valence-electron chi connectivity index (χ4n) is 2.12. The third kappa shape index (κ3) is 7.55. The van der Waals surface area contributed by atoms with Crippen LogP contribution in [0.4, 0.5) is 11.4 Å². The first-order chi connectivity index (χ1) is 11.5. The van der Waals surface area contributed by atoms with Gasteiger partial charge in [0.05, 0.1) is 5.69 Å². The average molecular weight is 400 g/mol. The second kappa shape index (κ2) is 11.3. The normalized spacial score (nSPS) is 11.4. The zero-order valence-electron chi connectivity index (χ0n) is 14.3. The maximum atomic E-state index is 4.83. The molecule has 0 saturated carbocycles. The van der Waals surface area contributed by atoms with Gasteiger partial charge in [0, 0.05) is 5.71 Å². The molecule has 0 unspecified atom stereocenters. The van der Waals surface area contributed by atoms with Crippen LogP contribution in [-0.4, -0.2) is 5.71 Å². The summed E-state index contributed by atoms with van der Waals surface area (Å²) in [6.45, 7) is 8.15. The van der Waals surface area contributed by atoms with E-state index < -0.39 is 0 Å². The van der Waals surface area contributed by atoms with E-state index in [1.54, 1.807) is 0 Å². The molecule has 0 spiro atoms. The van der Waals surface area contributed by atoms with Gasteiger partial charge in [0.2, 0.25) is 0 Å². The molecule has 0 aromatic heterocycles. The zero-order chi connectivity index (χ0) is 17.9. The van der Waals surface area contributed by atoms with Gasteiger partial charge in [-0.15, -0.1) is 5.69 Å². The predicted octanol–water partition coefficient (Wildman–Crippen LogP) is 7.38. The molecule has 2 rings (SSSR count). The molecule has 0 bridgehead atoms.